The Labute approximate surface area is 201 Å². The van der Waals surface area contributed by atoms with Crippen LogP contribution in [-0.2, 0) is 15.0 Å². The summed E-state index contributed by atoms with van der Waals surface area (Å²) in [5.74, 6) is 0.147. The predicted octanol–water partition coefficient (Wildman–Crippen LogP) is 5.17. The molecule has 1 aliphatic carbocycles. The van der Waals surface area contributed by atoms with Crippen molar-refractivity contribution in [1.82, 2.24) is 10.2 Å². The zero-order valence-corrected chi connectivity index (χ0v) is 20.3. The third-order valence-electron chi connectivity index (χ3n) is 8.69. The molecule has 4 nitrogen and oxygen atoms in total. The number of rotatable bonds is 3. The second-order valence-electron chi connectivity index (χ2n) is 10.9. The molecule has 2 aromatic rings. The molecule has 0 bridgehead atoms. The van der Waals surface area contributed by atoms with Crippen molar-refractivity contribution in [2.24, 2.45) is 5.41 Å². The van der Waals surface area contributed by atoms with E-state index in [0.29, 0.717) is 26.1 Å². The van der Waals surface area contributed by atoms with Crippen molar-refractivity contribution in [1.29, 1.82) is 0 Å². The summed E-state index contributed by atoms with van der Waals surface area (Å²) in [5.41, 5.74) is 3.88. The van der Waals surface area contributed by atoms with Gasteiger partial charge >= 0.3 is 0 Å². The van der Waals surface area contributed by atoms with Gasteiger partial charge in [-0.3, -0.25) is 9.59 Å². The van der Waals surface area contributed by atoms with E-state index in [1.54, 1.807) is 12.1 Å². The van der Waals surface area contributed by atoms with Crippen molar-refractivity contribution < 1.29 is 14.0 Å². The summed E-state index contributed by atoms with van der Waals surface area (Å²) in [7, 11) is 0. The molecule has 1 spiro atoms. The maximum Gasteiger partial charge on any atom is 0.233 e. The second-order valence-corrected chi connectivity index (χ2v) is 10.9. The normalized spacial score (nSPS) is 23.7. The molecule has 2 saturated heterocycles. The number of benzene rings is 2. The molecule has 180 valence electrons. The third kappa shape index (κ3) is 4.03. The van der Waals surface area contributed by atoms with Gasteiger partial charge in [0.05, 0.1) is 5.41 Å². The van der Waals surface area contributed by atoms with Crippen LogP contribution in [0.4, 0.5) is 4.39 Å². The molecule has 2 aliphatic heterocycles. The standard InChI is InChI=1S/C29H35FN2O2/c1-20-14-21(2)16-23(15-20)29(8-3-4-9-29)27(34)32-12-10-28(11-13-32)18-26(33)31-19-25(28)22-6-5-7-24(30)17-22/h5-7,14-17,25H,3-4,8-13,18-19H2,1-2H3,(H,31,33). The summed E-state index contributed by atoms with van der Waals surface area (Å²) < 4.78 is 14.0. The average molecular weight is 463 g/mol. The van der Waals surface area contributed by atoms with Crippen molar-refractivity contribution in [3.8, 4) is 0 Å². The van der Waals surface area contributed by atoms with Crippen LogP contribution in [-0.4, -0.2) is 36.3 Å². The molecule has 0 aromatic heterocycles. The Kier molecular flexibility index (Phi) is 5.99. The van der Waals surface area contributed by atoms with Gasteiger partial charge in [-0.1, -0.05) is 54.3 Å². The van der Waals surface area contributed by atoms with Gasteiger partial charge in [0, 0.05) is 32.0 Å². The van der Waals surface area contributed by atoms with Gasteiger partial charge in [-0.15, -0.1) is 0 Å². The molecule has 1 unspecified atom stereocenters. The summed E-state index contributed by atoms with van der Waals surface area (Å²) in [5, 5.41) is 3.00. The van der Waals surface area contributed by atoms with E-state index in [-0.39, 0.29) is 29.0 Å². The number of aryl methyl sites for hydroxylation is 2. The van der Waals surface area contributed by atoms with Crippen LogP contribution in [0.5, 0.6) is 0 Å². The first-order valence-corrected chi connectivity index (χ1v) is 12.7. The van der Waals surface area contributed by atoms with Crippen LogP contribution in [0.25, 0.3) is 0 Å². The molecule has 0 radical (unpaired) electrons. The highest BCUT2D eigenvalue weighted by atomic mass is 19.1. The molecule has 1 atom stereocenters. The number of piperidine rings is 2. The number of carbonyl (C=O) groups is 2. The Hall–Kier alpha value is -2.69. The lowest BCUT2D eigenvalue weighted by Crippen LogP contribution is -2.55. The van der Waals surface area contributed by atoms with Crippen LogP contribution in [0.3, 0.4) is 0 Å². The fourth-order valence-electron chi connectivity index (χ4n) is 6.97. The molecular weight excluding hydrogens is 427 g/mol. The Morgan fingerprint density at radius 1 is 1.00 bits per heavy atom. The van der Waals surface area contributed by atoms with Gasteiger partial charge in [0.25, 0.3) is 0 Å². The van der Waals surface area contributed by atoms with Crippen LogP contribution in [0.15, 0.2) is 42.5 Å². The Morgan fingerprint density at radius 2 is 1.68 bits per heavy atom. The minimum absolute atomic E-state index is 0.0647. The number of hydrogen-bond donors (Lipinski definition) is 1. The molecule has 3 aliphatic rings. The first-order valence-electron chi connectivity index (χ1n) is 12.7. The summed E-state index contributed by atoms with van der Waals surface area (Å²) in [6.07, 6.45) is 5.97. The van der Waals surface area contributed by atoms with Crippen LogP contribution in [0.2, 0.25) is 0 Å². The third-order valence-corrected chi connectivity index (χ3v) is 8.69. The van der Waals surface area contributed by atoms with Gasteiger partial charge in [0.2, 0.25) is 11.8 Å². The van der Waals surface area contributed by atoms with Gasteiger partial charge in [-0.25, -0.2) is 4.39 Å². The SMILES string of the molecule is Cc1cc(C)cc(C2(C(=O)N3CCC4(CC3)CC(=O)NCC4c3cccc(F)c3)CCCC2)c1. The van der Waals surface area contributed by atoms with Gasteiger partial charge < -0.3 is 10.2 Å². The molecule has 2 heterocycles. The fraction of sp³-hybridized carbons (Fsp3) is 0.517. The van der Waals surface area contributed by atoms with E-state index >= 15 is 0 Å². The lowest BCUT2D eigenvalue weighted by atomic mass is 9.62. The van der Waals surface area contributed by atoms with Gasteiger partial charge in [-0.05, 0) is 68.2 Å². The predicted molar refractivity (Wildman–Crippen MR) is 131 cm³/mol. The van der Waals surface area contributed by atoms with Crippen molar-refractivity contribution in [2.75, 3.05) is 19.6 Å². The molecule has 2 amide bonds. The van der Waals surface area contributed by atoms with E-state index in [4.69, 9.17) is 0 Å². The molecule has 2 aromatic carbocycles. The van der Waals surface area contributed by atoms with E-state index in [0.717, 1.165) is 44.1 Å². The van der Waals surface area contributed by atoms with Gasteiger partial charge in [0.15, 0.2) is 0 Å². The molecule has 3 fully saturated rings. The first-order chi connectivity index (χ1) is 16.3. The topological polar surface area (TPSA) is 49.4 Å². The van der Waals surface area contributed by atoms with E-state index in [9.17, 15) is 14.0 Å². The summed E-state index contributed by atoms with van der Waals surface area (Å²) in [4.78, 5) is 28.6. The molecule has 1 N–H and O–H groups in total. The fourth-order valence-corrected chi connectivity index (χ4v) is 6.97. The van der Waals surface area contributed by atoms with Crippen LogP contribution >= 0.6 is 0 Å². The highest BCUT2D eigenvalue weighted by molar-refractivity contribution is 5.89. The van der Waals surface area contributed by atoms with E-state index < -0.39 is 5.41 Å². The maximum absolute atomic E-state index is 14.1. The van der Waals surface area contributed by atoms with Crippen molar-refractivity contribution in [3.05, 3.63) is 70.5 Å². The van der Waals surface area contributed by atoms with Gasteiger partial charge in [-0.2, -0.15) is 0 Å². The second kappa shape index (κ2) is 8.83. The average Bonchev–Trinajstić information content (AvgIpc) is 3.30. The van der Waals surface area contributed by atoms with Crippen LogP contribution in [0.1, 0.15) is 73.1 Å². The monoisotopic (exact) mass is 462 g/mol. The van der Waals surface area contributed by atoms with Crippen LogP contribution < -0.4 is 5.32 Å². The molecule has 5 heteroatoms. The smallest absolute Gasteiger partial charge is 0.233 e. The molecule has 1 saturated carbocycles. The number of hydrogen-bond acceptors (Lipinski definition) is 2. The Morgan fingerprint density at radius 3 is 2.32 bits per heavy atom. The van der Waals surface area contributed by atoms with Gasteiger partial charge in [0.1, 0.15) is 5.82 Å². The lowest BCUT2D eigenvalue weighted by molar-refractivity contribution is -0.141. The Balaban J connectivity index is 1.40. The summed E-state index contributed by atoms with van der Waals surface area (Å²) in [6.45, 7) is 6.06. The maximum atomic E-state index is 14.1. The zero-order chi connectivity index (χ0) is 23.9. The number of likely N-dealkylation sites (tertiary alicyclic amines) is 1. The van der Waals surface area contributed by atoms with E-state index in [1.807, 2.05) is 6.07 Å². The van der Waals surface area contributed by atoms with Crippen molar-refractivity contribution in [2.45, 2.75) is 70.1 Å². The lowest BCUT2D eigenvalue weighted by Gasteiger charge is -2.50. The summed E-state index contributed by atoms with van der Waals surface area (Å²) >= 11 is 0. The molecule has 34 heavy (non-hydrogen) atoms. The molecule has 5 rings (SSSR count). The minimum atomic E-state index is -0.423. The Bertz CT molecular complexity index is 1080. The first kappa shape index (κ1) is 23.1. The number of nitrogens with zero attached hydrogens (tertiary/aromatic N) is 1. The number of amides is 2. The van der Waals surface area contributed by atoms with Crippen molar-refractivity contribution in [3.63, 3.8) is 0 Å². The highest BCUT2D eigenvalue weighted by Gasteiger charge is 2.50. The highest BCUT2D eigenvalue weighted by Crippen LogP contribution is 2.50. The van der Waals surface area contributed by atoms with Crippen LogP contribution in [0, 0.1) is 25.1 Å². The minimum Gasteiger partial charge on any atom is -0.355 e. The van der Waals surface area contributed by atoms with E-state index in [2.05, 4.69) is 42.3 Å². The number of nitrogens with one attached hydrogen (secondary N) is 1. The van der Waals surface area contributed by atoms with E-state index in [1.165, 1.54) is 22.8 Å². The quantitative estimate of drug-likeness (QED) is 0.684. The number of carbonyl (C=O) groups excluding carboxylic acids is 2. The van der Waals surface area contributed by atoms with Crippen molar-refractivity contribution >= 4 is 11.8 Å². The number of halogens is 1. The summed E-state index contributed by atoms with van der Waals surface area (Å²) in [6, 6.07) is 13.4. The zero-order valence-electron chi connectivity index (χ0n) is 20.3. The largest absolute Gasteiger partial charge is 0.355 e. The molecular formula is C29H35FN2O2.